The Morgan fingerprint density at radius 2 is 2.12 bits per heavy atom. The topological polar surface area (TPSA) is 32.3 Å². The van der Waals surface area contributed by atoms with E-state index in [0.717, 1.165) is 22.5 Å². The molecule has 0 amide bonds. The molecule has 2 unspecified atom stereocenters. The molecule has 0 heterocycles. The predicted octanol–water partition coefficient (Wildman–Crippen LogP) is 3.82. The summed E-state index contributed by atoms with van der Waals surface area (Å²) in [6, 6.07) is 6.19. The van der Waals surface area contributed by atoms with Gasteiger partial charge in [0.25, 0.3) is 0 Å². The third kappa shape index (κ3) is 3.46. The SMILES string of the molecule is CC1CCCCC1NCc1cc(Br)ccc1O. The van der Waals surface area contributed by atoms with Crippen molar-refractivity contribution in [2.24, 2.45) is 5.92 Å². The monoisotopic (exact) mass is 297 g/mol. The lowest BCUT2D eigenvalue weighted by Crippen LogP contribution is -2.36. The van der Waals surface area contributed by atoms with Crippen LogP contribution in [-0.2, 0) is 6.54 Å². The molecule has 1 aromatic carbocycles. The van der Waals surface area contributed by atoms with Crippen LogP contribution in [0.3, 0.4) is 0 Å². The van der Waals surface area contributed by atoms with Crippen LogP contribution >= 0.6 is 15.9 Å². The summed E-state index contributed by atoms with van der Waals surface area (Å²) in [5, 5.41) is 13.3. The van der Waals surface area contributed by atoms with Gasteiger partial charge in [-0.15, -0.1) is 0 Å². The smallest absolute Gasteiger partial charge is 0.120 e. The highest BCUT2D eigenvalue weighted by atomic mass is 79.9. The zero-order valence-corrected chi connectivity index (χ0v) is 11.8. The molecule has 1 saturated carbocycles. The second-order valence-electron chi connectivity index (χ2n) is 5.02. The Kier molecular flexibility index (Phi) is 4.46. The van der Waals surface area contributed by atoms with Gasteiger partial charge in [-0.05, 0) is 37.0 Å². The summed E-state index contributed by atoms with van der Waals surface area (Å²) in [5.41, 5.74) is 0.970. The average molecular weight is 298 g/mol. The maximum atomic E-state index is 9.77. The fourth-order valence-corrected chi connectivity index (χ4v) is 2.96. The number of hydrogen-bond donors (Lipinski definition) is 2. The summed E-state index contributed by atoms with van der Waals surface area (Å²) in [5.74, 6) is 1.13. The summed E-state index contributed by atoms with van der Waals surface area (Å²) in [6.07, 6.45) is 5.27. The molecule has 0 radical (unpaired) electrons. The second kappa shape index (κ2) is 5.87. The summed E-state index contributed by atoms with van der Waals surface area (Å²) >= 11 is 3.44. The summed E-state index contributed by atoms with van der Waals surface area (Å²) in [7, 11) is 0. The lowest BCUT2D eigenvalue weighted by Gasteiger charge is -2.29. The van der Waals surface area contributed by atoms with Crippen LogP contribution in [0.4, 0.5) is 0 Å². The highest BCUT2D eigenvalue weighted by molar-refractivity contribution is 9.10. The van der Waals surface area contributed by atoms with E-state index >= 15 is 0 Å². The summed E-state index contributed by atoms with van der Waals surface area (Å²) < 4.78 is 1.02. The van der Waals surface area contributed by atoms with Gasteiger partial charge in [0, 0.05) is 22.6 Å². The average Bonchev–Trinajstić information content (AvgIpc) is 2.32. The van der Waals surface area contributed by atoms with Crippen LogP contribution in [0.15, 0.2) is 22.7 Å². The molecule has 1 aliphatic carbocycles. The normalized spacial score (nSPS) is 24.8. The van der Waals surface area contributed by atoms with Crippen molar-refractivity contribution < 1.29 is 5.11 Å². The van der Waals surface area contributed by atoms with E-state index in [1.807, 2.05) is 12.1 Å². The molecule has 0 aromatic heterocycles. The molecular weight excluding hydrogens is 278 g/mol. The minimum absolute atomic E-state index is 0.379. The molecule has 94 valence electrons. The van der Waals surface area contributed by atoms with E-state index in [-0.39, 0.29) is 0 Å². The van der Waals surface area contributed by atoms with Crippen molar-refractivity contribution in [3.8, 4) is 5.75 Å². The molecule has 1 aromatic rings. The van der Waals surface area contributed by atoms with E-state index in [2.05, 4.69) is 28.2 Å². The molecule has 0 bridgehead atoms. The molecule has 2 rings (SSSR count). The molecule has 2 nitrogen and oxygen atoms in total. The molecule has 0 aliphatic heterocycles. The van der Waals surface area contributed by atoms with Crippen molar-refractivity contribution in [1.82, 2.24) is 5.32 Å². The third-order valence-electron chi connectivity index (χ3n) is 3.71. The van der Waals surface area contributed by atoms with Gasteiger partial charge in [-0.2, -0.15) is 0 Å². The van der Waals surface area contributed by atoms with E-state index in [9.17, 15) is 5.11 Å². The number of rotatable bonds is 3. The van der Waals surface area contributed by atoms with E-state index < -0.39 is 0 Å². The fraction of sp³-hybridized carbons (Fsp3) is 0.571. The largest absolute Gasteiger partial charge is 0.508 e. The van der Waals surface area contributed by atoms with E-state index in [0.29, 0.717) is 11.8 Å². The molecule has 3 heteroatoms. The summed E-state index contributed by atoms with van der Waals surface area (Å²) in [4.78, 5) is 0. The quantitative estimate of drug-likeness (QED) is 0.889. The van der Waals surface area contributed by atoms with Gasteiger partial charge in [0.1, 0.15) is 5.75 Å². The molecule has 2 atom stereocenters. The predicted molar refractivity (Wildman–Crippen MR) is 74.1 cm³/mol. The lowest BCUT2D eigenvalue weighted by atomic mass is 9.86. The maximum absolute atomic E-state index is 9.77. The summed E-state index contributed by atoms with van der Waals surface area (Å²) in [6.45, 7) is 3.07. The minimum Gasteiger partial charge on any atom is -0.508 e. The van der Waals surface area contributed by atoms with Crippen molar-refractivity contribution in [3.63, 3.8) is 0 Å². The van der Waals surface area contributed by atoms with Crippen LogP contribution in [0.2, 0.25) is 0 Å². The van der Waals surface area contributed by atoms with Gasteiger partial charge in [0.05, 0.1) is 0 Å². The molecule has 2 N–H and O–H groups in total. The Bertz CT molecular complexity index is 380. The fourth-order valence-electron chi connectivity index (χ4n) is 2.56. The highest BCUT2D eigenvalue weighted by Gasteiger charge is 2.20. The van der Waals surface area contributed by atoms with Gasteiger partial charge >= 0.3 is 0 Å². The maximum Gasteiger partial charge on any atom is 0.120 e. The van der Waals surface area contributed by atoms with Gasteiger partial charge in [-0.25, -0.2) is 0 Å². The first kappa shape index (κ1) is 12.9. The molecule has 0 saturated heterocycles. The number of nitrogens with one attached hydrogen (secondary N) is 1. The molecule has 17 heavy (non-hydrogen) atoms. The second-order valence-corrected chi connectivity index (χ2v) is 5.94. The standard InChI is InChI=1S/C14H20BrNO/c1-10-4-2-3-5-13(10)16-9-11-8-12(15)6-7-14(11)17/h6-8,10,13,16-17H,2-5,9H2,1H3. The Balaban J connectivity index is 1.94. The van der Waals surface area contributed by atoms with E-state index in [1.165, 1.54) is 25.7 Å². The van der Waals surface area contributed by atoms with Crippen LogP contribution in [0.5, 0.6) is 5.75 Å². The Morgan fingerprint density at radius 3 is 2.88 bits per heavy atom. The number of phenolic OH excluding ortho intramolecular Hbond substituents is 1. The lowest BCUT2D eigenvalue weighted by molar-refractivity contribution is 0.278. The highest BCUT2D eigenvalue weighted by Crippen LogP contribution is 2.26. The van der Waals surface area contributed by atoms with E-state index in [1.54, 1.807) is 6.07 Å². The Hall–Kier alpha value is -0.540. The van der Waals surface area contributed by atoms with Crippen molar-refractivity contribution >= 4 is 15.9 Å². The van der Waals surface area contributed by atoms with Crippen molar-refractivity contribution in [2.45, 2.75) is 45.2 Å². The van der Waals surface area contributed by atoms with Gasteiger partial charge < -0.3 is 10.4 Å². The van der Waals surface area contributed by atoms with Crippen molar-refractivity contribution in [1.29, 1.82) is 0 Å². The first-order chi connectivity index (χ1) is 8.16. The molecule has 1 aliphatic rings. The van der Waals surface area contributed by atoms with E-state index in [4.69, 9.17) is 0 Å². The number of aromatic hydroxyl groups is 1. The zero-order chi connectivity index (χ0) is 12.3. The molecular formula is C14H20BrNO. The Morgan fingerprint density at radius 1 is 1.35 bits per heavy atom. The number of benzene rings is 1. The number of hydrogen-bond acceptors (Lipinski definition) is 2. The van der Waals surface area contributed by atoms with Crippen LogP contribution < -0.4 is 5.32 Å². The minimum atomic E-state index is 0.379. The van der Waals surface area contributed by atoms with Gasteiger partial charge in [-0.1, -0.05) is 35.7 Å². The van der Waals surface area contributed by atoms with Crippen molar-refractivity contribution in [2.75, 3.05) is 0 Å². The van der Waals surface area contributed by atoms with Crippen LogP contribution in [0, 0.1) is 5.92 Å². The molecule has 0 spiro atoms. The van der Waals surface area contributed by atoms with Crippen LogP contribution in [-0.4, -0.2) is 11.1 Å². The van der Waals surface area contributed by atoms with Crippen LogP contribution in [0.25, 0.3) is 0 Å². The van der Waals surface area contributed by atoms with Crippen LogP contribution in [0.1, 0.15) is 38.2 Å². The van der Waals surface area contributed by atoms with Gasteiger partial charge in [-0.3, -0.25) is 0 Å². The van der Waals surface area contributed by atoms with Gasteiger partial charge in [0.15, 0.2) is 0 Å². The van der Waals surface area contributed by atoms with Crippen molar-refractivity contribution in [3.05, 3.63) is 28.2 Å². The third-order valence-corrected chi connectivity index (χ3v) is 4.20. The Labute approximate surface area is 112 Å². The first-order valence-electron chi connectivity index (χ1n) is 6.37. The molecule has 1 fully saturated rings. The number of phenols is 1. The van der Waals surface area contributed by atoms with Gasteiger partial charge in [0.2, 0.25) is 0 Å². The zero-order valence-electron chi connectivity index (χ0n) is 10.2. The first-order valence-corrected chi connectivity index (χ1v) is 7.17. The number of halogens is 1.